The summed E-state index contributed by atoms with van der Waals surface area (Å²) in [5.41, 5.74) is 0. The number of hydrogen-bond acceptors (Lipinski definition) is 13. The van der Waals surface area contributed by atoms with Gasteiger partial charge in [0.25, 0.3) is 0 Å². The molecule has 0 spiro atoms. The van der Waals surface area contributed by atoms with E-state index in [2.05, 4.69) is 43.5 Å². The maximum atomic E-state index is 13.4. The smallest absolute Gasteiger partial charge is 0.220 e. The summed E-state index contributed by atoms with van der Waals surface area (Å²) >= 11 is 0. The Bertz CT molecular complexity index is 1840. The standard InChI is InChI=1S/C87H165NO13/c1-3-5-7-9-11-13-15-17-19-21-23-25-27-29-31-33-35-37-38-39-41-43-45-47-49-51-53-55-57-59-61-63-65-67-69-71-79(92)88-75(74-98-86-84(97)82(95)85(78(73-90)100-86)101-87-83(96)81(94)80(93)77(72-89)99-87)76(91)70-68-66-64-62-60-58-56-54-52-50-48-46-44-42-40-36-34-32-30-28-26-24-22-20-18-16-14-12-10-8-6-4-2/h21,23,60,62,68,70,75-78,80-87,89-91,93-97H,3-20,22,24-59,61,63-67,69,71-74H2,1-2H3,(H,88,92)/b23-21-,62-60+,70-68+. The highest BCUT2D eigenvalue weighted by molar-refractivity contribution is 5.76. The number of carbonyl (C=O) groups is 1. The molecule has 0 aromatic rings. The number of allylic oxidation sites excluding steroid dienone is 5. The Kier molecular flexibility index (Phi) is 67.1. The van der Waals surface area contributed by atoms with Crippen molar-refractivity contribution >= 4 is 5.91 Å². The maximum Gasteiger partial charge on any atom is 0.220 e. The van der Waals surface area contributed by atoms with Crippen LogP contribution in [0.5, 0.6) is 0 Å². The van der Waals surface area contributed by atoms with Gasteiger partial charge >= 0.3 is 0 Å². The van der Waals surface area contributed by atoms with Gasteiger partial charge in [-0.2, -0.15) is 0 Å². The molecule has 2 rings (SSSR count). The minimum atomic E-state index is -1.79. The van der Waals surface area contributed by atoms with E-state index in [0.29, 0.717) is 12.8 Å². The Balaban J connectivity index is 1.59. The number of hydrogen-bond donors (Lipinski definition) is 9. The second kappa shape index (κ2) is 71.1. The topological polar surface area (TPSA) is 228 Å². The Labute approximate surface area is 621 Å². The lowest BCUT2D eigenvalue weighted by molar-refractivity contribution is -0.359. The fourth-order valence-corrected chi connectivity index (χ4v) is 14.7. The van der Waals surface area contributed by atoms with Crippen LogP contribution in [0.2, 0.25) is 0 Å². The average molecular weight is 1430 g/mol. The van der Waals surface area contributed by atoms with Gasteiger partial charge in [0.2, 0.25) is 5.91 Å². The first-order chi connectivity index (χ1) is 49.6. The molecule has 12 atom stereocenters. The number of aliphatic hydroxyl groups is 8. The molecule has 2 aliphatic heterocycles. The Morgan fingerprint density at radius 1 is 0.347 bits per heavy atom. The lowest BCUT2D eigenvalue weighted by atomic mass is 9.97. The molecule has 0 bridgehead atoms. The molecule has 14 heteroatoms. The van der Waals surface area contributed by atoms with Crippen LogP contribution in [0, 0.1) is 0 Å². The number of ether oxygens (including phenoxy) is 4. The molecule has 101 heavy (non-hydrogen) atoms. The number of aliphatic hydroxyl groups excluding tert-OH is 8. The molecule has 2 aliphatic rings. The van der Waals surface area contributed by atoms with Gasteiger partial charge in [0.15, 0.2) is 12.6 Å². The number of nitrogens with one attached hydrogen (secondary N) is 1. The first kappa shape index (κ1) is 95.3. The summed E-state index contributed by atoms with van der Waals surface area (Å²) in [4.78, 5) is 13.4. The predicted octanol–water partition coefficient (Wildman–Crippen LogP) is 20.8. The summed E-state index contributed by atoms with van der Waals surface area (Å²) in [6.07, 6.45) is 78.4. The van der Waals surface area contributed by atoms with E-state index < -0.39 is 86.8 Å². The molecular weight excluding hydrogens is 1270 g/mol. The first-order valence-electron chi connectivity index (χ1n) is 43.7. The number of carbonyl (C=O) groups excluding carboxylic acids is 1. The van der Waals surface area contributed by atoms with Crippen molar-refractivity contribution in [2.24, 2.45) is 0 Å². The zero-order valence-electron chi connectivity index (χ0n) is 65.7. The quantitative estimate of drug-likeness (QED) is 0.0204. The van der Waals surface area contributed by atoms with E-state index in [9.17, 15) is 45.6 Å². The highest BCUT2D eigenvalue weighted by Gasteiger charge is 2.51. The Morgan fingerprint density at radius 3 is 0.970 bits per heavy atom. The first-order valence-corrected chi connectivity index (χ1v) is 43.7. The molecule has 2 saturated heterocycles. The molecule has 9 N–H and O–H groups in total. The van der Waals surface area contributed by atoms with Gasteiger partial charge in [0, 0.05) is 6.42 Å². The predicted molar refractivity (Wildman–Crippen MR) is 420 cm³/mol. The van der Waals surface area contributed by atoms with E-state index in [0.717, 1.165) is 32.1 Å². The average Bonchev–Trinajstić information content (AvgIpc) is 0.791. The van der Waals surface area contributed by atoms with E-state index in [1.54, 1.807) is 6.08 Å². The van der Waals surface area contributed by atoms with Crippen LogP contribution in [0.15, 0.2) is 36.5 Å². The lowest BCUT2D eigenvalue weighted by Crippen LogP contribution is -2.65. The van der Waals surface area contributed by atoms with Crippen molar-refractivity contribution < 1.29 is 64.6 Å². The van der Waals surface area contributed by atoms with Gasteiger partial charge in [-0.05, 0) is 57.8 Å². The van der Waals surface area contributed by atoms with E-state index in [1.807, 2.05) is 6.08 Å². The van der Waals surface area contributed by atoms with Crippen molar-refractivity contribution in [1.29, 1.82) is 0 Å². The largest absolute Gasteiger partial charge is 0.394 e. The molecule has 0 aliphatic carbocycles. The van der Waals surface area contributed by atoms with Crippen molar-refractivity contribution in [2.75, 3.05) is 19.8 Å². The van der Waals surface area contributed by atoms with Crippen molar-refractivity contribution in [1.82, 2.24) is 5.32 Å². The van der Waals surface area contributed by atoms with E-state index in [1.165, 1.54) is 353 Å². The minimum absolute atomic E-state index is 0.240. The van der Waals surface area contributed by atoms with Gasteiger partial charge in [-0.25, -0.2) is 0 Å². The second-order valence-corrected chi connectivity index (χ2v) is 31.0. The fourth-order valence-electron chi connectivity index (χ4n) is 14.7. The summed E-state index contributed by atoms with van der Waals surface area (Å²) in [5, 5.41) is 87.8. The normalized spacial score (nSPS) is 21.8. The summed E-state index contributed by atoms with van der Waals surface area (Å²) in [6, 6.07) is -0.932. The molecule has 1 amide bonds. The monoisotopic (exact) mass is 1430 g/mol. The van der Waals surface area contributed by atoms with E-state index >= 15 is 0 Å². The zero-order valence-corrected chi connectivity index (χ0v) is 65.7. The number of amides is 1. The maximum absolute atomic E-state index is 13.4. The van der Waals surface area contributed by atoms with Gasteiger partial charge in [0.05, 0.1) is 32.0 Å². The summed E-state index contributed by atoms with van der Waals surface area (Å²) in [6.45, 7) is 2.86. The van der Waals surface area contributed by atoms with Crippen molar-refractivity contribution in [3.05, 3.63) is 36.5 Å². The molecule has 0 aromatic heterocycles. The molecule has 14 nitrogen and oxygen atoms in total. The molecule has 2 fully saturated rings. The van der Waals surface area contributed by atoms with Gasteiger partial charge in [0.1, 0.15) is 48.8 Å². The zero-order chi connectivity index (χ0) is 73.0. The molecule has 2 heterocycles. The second-order valence-electron chi connectivity index (χ2n) is 31.0. The Morgan fingerprint density at radius 2 is 0.634 bits per heavy atom. The third-order valence-electron chi connectivity index (χ3n) is 21.5. The molecule has 596 valence electrons. The third-order valence-corrected chi connectivity index (χ3v) is 21.5. The minimum Gasteiger partial charge on any atom is -0.394 e. The lowest BCUT2D eigenvalue weighted by Gasteiger charge is -2.46. The fraction of sp³-hybridized carbons (Fsp3) is 0.920. The summed E-state index contributed by atoms with van der Waals surface area (Å²) < 4.78 is 22.9. The third kappa shape index (κ3) is 53.6. The van der Waals surface area contributed by atoms with Crippen molar-refractivity contribution in [2.45, 2.75) is 492 Å². The van der Waals surface area contributed by atoms with Crippen LogP contribution in [0.3, 0.4) is 0 Å². The van der Waals surface area contributed by atoms with Crippen LogP contribution in [-0.2, 0) is 23.7 Å². The molecule has 12 unspecified atom stereocenters. The van der Waals surface area contributed by atoms with Gasteiger partial charge in [-0.3, -0.25) is 4.79 Å². The van der Waals surface area contributed by atoms with Crippen molar-refractivity contribution in [3.63, 3.8) is 0 Å². The number of rotatable bonds is 75. The van der Waals surface area contributed by atoms with Crippen LogP contribution in [-0.4, -0.2) is 140 Å². The van der Waals surface area contributed by atoms with Gasteiger partial charge in [-0.15, -0.1) is 0 Å². The Hall–Kier alpha value is -1.79. The van der Waals surface area contributed by atoms with Crippen LogP contribution < -0.4 is 5.32 Å². The van der Waals surface area contributed by atoms with E-state index in [-0.39, 0.29) is 18.9 Å². The molecule has 0 saturated carbocycles. The van der Waals surface area contributed by atoms with Crippen LogP contribution >= 0.6 is 0 Å². The van der Waals surface area contributed by atoms with Gasteiger partial charge < -0.3 is 65.1 Å². The van der Waals surface area contributed by atoms with Crippen molar-refractivity contribution in [3.8, 4) is 0 Å². The van der Waals surface area contributed by atoms with E-state index in [4.69, 9.17) is 18.9 Å². The molecular formula is C87H165NO13. The van der Waals surface area contributed by atoms with Crippen LogP contribution in [0.25, 0.3) is 0 Å². The SMILES string of the molecule is CCCCCCCCCC/C=C\CCCCCCCCCCCCCCCCCCCCCCCCCC(=O)NC(COC1OC(CO)C(OC2OC(CO)C(O)C(O)C2O)C(O)C1O)C(O)/C=C/CC/C=C/CCCCCCCCCCCCCCCCCCCCCCCCCCCC. The highest BCUT2D eigenvalue weighted by atomic mass is 16.7. The van der Waals surface area contributed by atoms with Gasteiger partial charge in [-0.1, -0.05) is 391 Å². The molecule has 0 aromatic carbocycles. The summed E-state index contributed by atoms with van der Waals surface area (Å²) in [5.74, 6) is -0.240. The highest BCUT2D eigenvalue weighted by Crippen LogP contribution is 2.31. The number of unbranched alkanes of at least 4 members (excludes halogenated alkanes) is 58. The summed E-state index contributed by atoms with van der Waals surface area (Å²) in [7, 11) is 0. The molecule has 0 radical (unpaired) electrons. The van der Waals surface area contributed by atoms with Crippen LogP contribution in [0.1, 0.15) is 418 Å². The van der Waals surface area contributed by atoms with Crippen LogP contribution in [0.4, 0.5) is 0 Å².